The summed E-state index contributed by atoms with van der Waals surface area (Å²) in [5.41, 5.74) is 2.66. The molecule has 0 spiro atoms. The largest absolute Gasteiger partial charge is 0.410 e. The molecule has 3 heteroatoms. The second-order valence-electron chi connectivity index (χ2n) is 9.00. The smallest absolute Gasteiger partial charge is 0.192 e. The van der Waals surface area contributed by atoms with Crippen LogP contribution in [-0.4, -0.2) is 14.4 Å². The topological polar surface area (TPSA) is 21.3 Å². The van der Waals surface area contributed by atoms with Crippen molar-refractivity contribution < 1.29 is 4.43 Å². The van der Waals surface area contributed by atoms with Crippen molar-refractivity contribution in [2.45, 2.75) is 90.7 Å². The fourth-order valence-corrected chi connectivity index (χ4v) is 4.36. The van der Waals surface area contributed by atoms with Crippen LogP contribution in [0.25, 0.3) is 0 Å². The Morgan fingerprint density at radius 3 is 2.21 bits per heavy atom. The average molecular weight is 348 g/mol. The summed E-state index contributed by atoms with van der Waals surface area (Å²) in [5.74, 6) is 0.923. The molecule has 0 bridgehead atoms. The van der Waals surface area contributed by atoms with Gasteiger partial charge in [-0.2, -0.15) is 0 Å². The maximum atomic E-state index is 6.51. The van der Waals surface area contributed by atoms with E-state index in [4.69, 9.17) is 4.43 Å². The molecule has 1 aliphatic carbocycles. The minimum Gasteiger partial charge on any atom is -0.410 e. The number of nitrogens with one attached hydrogen (secondary N) is 1. The van der Waals surface area contributed by atoms with Crippen LogP contribution in [0, 0.1) is 5.92 Å². The highest BCUT2D eigenvalue weighted by molar-refractivity contribution is 6.74. The quantitative estimate of drug-likeness (QED) is 0.578. The van der Waals surface area contributed by atoms with Crippen LogP contribution in [-0.2, 0) is 11.0 Å². The number of rotatable bonds is 8. The summed E-state index contributed by atoms with van der Waals surface area (Å²) in [6.07, 6.45) is 4.22. The second-order valence-corrected chi connectivity index (χ2v) is 13.8. The van der Waals surface area contributed by atoms with E-state index in [1.807, 2.05) is 0 Å². The van der Waals surface area contributed by atoms with E-state index >= 15 is 0 Å². The van der Waals surface area contributed by atoms with Crippen molar-refractivity contribution >= 4 is 8.32 Å². The molecule has 0 heterocycles. The third kappa shape index (κ3) is 5.17. The van der Waals surface area contributed by atoms with Gasteiger partial charge in [-0.15, -0.1) is 0 Å². The summed E-state index contributed by atoms with van der Waals surface area (Å²) in [6, 6.07) is 9.70. The van der Waals surface area contributed by atoms with E-state index < -0.39 is 8.32 Å². The van der Waals surface area contributed by atoms with E-state index in [0.717, 1.165) is 12.5 Å². The van der Waals surface area contributed by atoms with Gasteiger partial charge in [0.15, 0.2) is 8.32 Å². The summed E-state index contributed by atoms with van der Waals surface area (Å²) < 4.78 is 6.51. The first-order chi connectivity index (χ1) is 11.1. The van der Waals surface area contributed by atoms with Crippen molar-refractivity contribution in [3.8, 4) is 0 Å². The molecule has 2 atom stereocenters. The van der Waals surface area contributed by atoms with Gasteiger partial charge in [0.05, 0.1) is 6.10 Å². The molecule has 0 saturated heterocycles. The van der Waals surface area contributed by atoms with Crippen LogP contribution in [0.2, 0.25) is 18.1 Å². The molecule has 2 unspecified atom stereocenters. The van der Waals surface area contributed by atoms with Gasteiger partial charge in [0.25, 0.3) is 0 Å². The first-order valence-corrected chi connectivity index (χ1v) is 12.5. The Labute approximate surface area is 150 Å². The van der Waals surface area contributed by atoms with Gasteiger partial charge in [-0.25, -0.2) is 0 Å². The Hall–Kier alpha value is -0.643. The first-order valence-electron chi connectivity index (χ1n) is 9.64. The lowest BCUT2D eigenvalue weighted by molar-refractivity contribution is 0.203. The Morgan fingerprint density at radius 1 is 1.17 bits per heavy atom. The van der Waals surface area contributed by atoms with E-state index in [9.17, 15) is 0 Å². The van der Waals surface area contributed by atoms with Gasteiger partial charge in [-0.3, -0.25) is 0 Å². The highest BCUT2D eigenvalue weighted by Gasteiger charge is 2.38. The average Bonchev–Trinajstić information content (AvgIpc) is 3.31. The van der Waals surface area contributed by atoms with Crippen LogP contribution in [0.3, 0.4) is 0 Å². The van der Waals surface area contributed by atoms with Crippen molar-refractivity contribution in [2.24, 2.45) is 5.92 Å². The van der Waals surface area contributed by atoms with E-state index in [0.29, 0.717) is 6.04 Å². The maximum Gasteiger partial charge on any atom is 0.192 e. The summed E-state index contributed by atoms with van der Waals surface area (Å²) in [7, 11) is -1.72. The molecule has 136 valence electrons. The molecule has 1 saturated carbocycles. The molecular weight excluding hydrogens is 310 g/mol. The Balaban J connectivity index is 1.91. The summed E-state index contributed by atoms with van der Waals surface area (Å²) >= 11 is 0. The monoisotopic (exact) mass is 347 g/mol. The van der Waals surface area contributed by atoms with Crippen molar-refractivity contribution in [2.75, 3.05) is 0 Å². The molecule has 0 amide bonds. The Kier molecular flexibility index (Phi) is 6.33. The molecule has 1 aliphatic rings. The zero-order chi connectivity index (χ0) is 18.0. The minimum absolute atomic E-state index is 0.169. The first kappa shape index (κ1) is 19.7. The molecule has 0 aliphatic heterocycles. The Bertz CT molecular complexity index is 514. The second kappa shape index (κ2) is 7.71. The molecule has 1 fully saturated rings. The summed E-state index contributed by atoms with van der Waals surface area (Å²) in [5, 5.41) is 3.98. The molecule has 0 radical (unpaired) electrons. The van der Waals surface area contributed by atoms with E-state index in [2.05, 4.69) is 77.3 Å². The standard InChI is InChI=1S/C21H37NOSi/c1-8-20(19-13-14-19)22-15-17-9-11-18(12-10-17)16(2)23-24(6,7)21(3,4)5/h9-12,16,19-20,22H,8,13-15H2,1-7H3. The Morgan fingerprint density at radius 2 is 1.75 bits per heavy atom. The fraction of sp³-hybridized carbons (Fsp3) is 0.714. The lowest BCUT2D eigenvalue weighted by Gasteiger charge is -2.38. The van der Waals surface area contributed by atoms with Crippen LogP contribution in [0.15, 0.2) is 24.3 Å². The van der Waals surface area contributed by atoms with Gasteiger partial charge >= 0.3 is 0 Å². The third-order valence-corrected chi connectivity index (χ3v) is 10.5. The molecule has 1 N–H and O–H groups in total. The minimum atomic E-state index is -1.72. The van der Waals surface area contributed by atoms with Gasteiger partial charge in [0, 0.05) is 12.6 Å². The molecule has 1 aromatic carbocycles. The summed E-state index contributed by atoms with van der Waals surface area (Å²) in [6.45, 7) is 17.0. The normalized spacial score (nSPS) is 18.5. The van der Waals surface area contributed by atoms with Gasteiger partial charge < -0.3 is 9.74 Å². The molecular formula is C21H37NOSi. The number of hydrogen-bond acceptors (Lipinski definition) is 2. The lowest BCUT2D eigenvalue weighted by atomic mass is 10.1. The lowest BCUT2D eigenvalue weighted by Crippen LogP contribution is -2.41. The predicted molar refractivity (Wildman–Crippen MR) is 107 cm³/mol. The third-order valence-electron chi connectivity index (χ3n) is 5.93. The zero-order valence-electron chi connectivity index (χ0n) is 16.8. The molecule has 1 aromatic rings. The van der Waals surface area contributed by atoms with Gasteiger partial charge in [-0.05, 0) is 61.4 Å². The van der Waals surface area contributed by atoms with Gasteiger partial charge in [0.2, 0.25) is 0 Å². The highest BCUT2D eigenvalue weighted by atomic mass is 28.4. The van der Waals surface area contributed by atoms with Crippen molar-refractivity contribution in [3.05, 3.63) is 35.4 Å². The predicted octanol–water partition coefficient (Wildman–Crippen LogP) is 6.05. The molecule has 2 nitrogen and oxygen atoms in total. The number of benzene rings is 1. The summed E-state index contributed by atoms with van der Waals surface area (Å²) in [4.78, 5) is 0. The van der Waals surface area contributed by atoms with Crippen LogP contribution < -0.4 is 5.32 Å². The van der Waals surface area contributed by atoms with E-state index in [1.165, 1.54) is 30.4 Å². The van der Waals surface area contributed by atoms with Crippen molar-refractivity contribution in [3.63, 3.8) is 0 Å². The van der Waals surface area contributed by atoms with Crippen molar-refractivity contribution in [1.82, 2.24) is 5.32 Å². The molecule has 0 aromatic heterocycles. The molecule has 2 rings (SSSR count). The molecule has 24 heavy (non-hydrogen) atoms. The zero-order valence-corrected chi connectivity index (χ0v) is 17.8. The van der Waals surface area contributed by atoms with Gasteiger partial charge in [0.1, 0.15) is 0 Å². The van der Waals surface area contributed by atoms with Crippen molar-refractivity contribution in [1.29, 1.82) is 0 Å². The van der Waals surface area contributed by atoms with E-state index in [-0.39, 0.29) is 11.1 Å². The fourth-order valence-electron chi connectivity index (χ4n) is 2.99. The van der Waals surface area contributed by atoms with Crippen LogP contribution in [0.5, 0.6) is 0 Å². The van der Waals surface area contributed by atoms with Crippen LogP contribution in [0.4, 0.5) is 0 Å². The van der Waals surface area contributed by atoms with Crippen LogP contribution >= 0.6 is 0 Å². The maximum absolute atomic E-state index is 6.51. The highest BCUT2D eigenvalue weighted by Crippen LogP contribution is 2.39. The SMILES string of the molecule is CCC(NCc1ccc(C(C)O[Si](C)(C)C(C)(C)C)cc1)C1CC1. The van der Waals surface area contributed by atoms with Gasteiger partial charge in [-0.1, -0.05) is 52.0 Å². The number of hydrogen-bond donors (Lipinski definition) is 1. The van der Waals surface area contributed by atoms with E-state index in [1.54, 1.807) is 0 Å². The van der Waals surface area contributed by atoms with Crippen LogP contribution in [0.1, 0.15) is 71.1 Å².